The highest BCUT2D eigenvalue weighted by atomic mass is 35.5. The monoisotopic (exact) mass is 271 g/mol. The summed E-state index contributed by atoms with van der Waals surface area (Å²) in [6.07, 6.45) is 0. The molecule has 0 radical (unpaired) electrons. The first kappa shape index (κ1) is 12.2. The zero-order valence-corrected chi connectivity index (χ0v) is 11.3. The van der Waals surface area contributed by atoms with E-state index in [1.165, 1.54) is 0 Å². The van der Waals surface area contributed by atoms with E-state index in [9.17, 15) is 4.79 Å². The molecule has 1 heterocycles. The van der Waals surface area contributed by atoms with Gasteiger partial charge in [-0.3, -0.25) is 4.79 Å². The van der Waals surface area contributed by atoms with Gasteiger partial charge in [-0.2, -0.15) is 0 Å². The lowest BCUT2D eigenvalue weighted by atomic mass is 9.89. The molecule has 2 nitrogen and oxygen atoms in total. The van der Waals surface area contributed by atoms with Gasteiger partial charge in [0.1, 0.15) is 5.38 Å². The average Bonchev–Trinajstić information content (AvgIpc) is 2.46. The summed E-state index contributed by atoms with van der Waals surface area (Å²) in [5.41, 5.74) is 3.18. The third-order valence-electron chi connectivity index (χ3n) is 3.57. The lowest BCUT2D eigenvalue weighted by Gasteiger charge is -2.45. The maximum atomic E-state index is 12.1. The van der Waals surface area contributed by atoms with E-state index in [4.69, 9.17) is 11.6 Å². The molecule has 0 aromatic heterocycles. The van der Waals surface area contributed by atoms with Gasteiger partial charge in [0.05, 0.1) is 6.04 Å². The van der Waals surface area contributed by atoms with Crippen molar-refractivity contribution >= 4 is 23.2 Å². The van der Waals surface area contributed by atoms with Crippen molar-refractivity contribution < 1.29 is 4.79 Å². The van der Waals surface area contributed by atoms with Crippen molar-refractivity contribution in [1.82, 2.24) is 0 Å². The van der Waals surface area contributed by atoms with Gasteiger partial charge in [0.15, 0.2) is 0 Å². The molecule has 1 aliphatic rings. The highest BCUT2D eigenvalue weighted by molar-refractivity contribution is 6.37. The summed E-state index contributed by atoms with van der Waals surface area (Å²) in [4.78, 5) is 13.8. The van der Waals surface area contributed by atoms with Crippen LogP contribution in [0.4, 0.5) is 5.69 Å². The van der Waals surface area contributed by atoms with Gasteiger partial charge in [0.25, 0.3) is 0 Å². The maximum Gasteiger partial charge on any atom is 0.248 e. The number of rotatable bonds is 2. The summed E-state index contributed by atoms with van der Waals surface area (Å²) >= 11 is 6.23. The van der Waals surface area contributed by atoms with E-state index in [-0.39, 0.29) is 11.9 Å². The molecule has 1 saturated heterocycles. The molecule has 0 spiro atoms. The molecule has 2 atom stereocenters. The van der Waals surface area contributed by atoms with E-state index in [1.807, 2.05) is 61.5 Å². The molecule has 0 bridgehead atoms. The van der Waals surface area contributed by atoms with Gasteiger partial charge >= 0.3 is 0 Å². The number of carbonyl (C=O) groups excluding carboxylic acids is 1. The van der Waals surface area contributed by atoms with Crippen LogP contribution in [-0.2, 0) is 4.79 Å². The van der Waals surface area contributed by atoms with Crippen molar-refractivity contribution in [3.8, 4) is 0 Å². The number of nitrogens with zero attached hydrogens (tertiary/aromatic N) is 1. The van der Waals surface area contributed by atoms with Crippen LogP contribution in [0.25, 0.3) is 0 Å². The molecule has 0 unspecified atom stereocenters. The number of halogens is 1. The normalized spacial score (nSPS) is 22.2. The van der Waals surface area contributed by atoms with Gasteiger partial charge in [-0.15, -0.1) is 11.6 Å². The molecule has 0 aliphatic carbocycles. The minimum absolute atomic E-state index is 0.0267. The molecule has 0 N–H and O–H groups in total. The number of anilines is 1. The molecular weight excluding hydrogens is 258 g/mol. The Hall–Kier alpha value is -1.80. The van der Waals surface area contributed by atoms with Crippen LogP contribution >= 0.6 is 11.6 Å². The molecular formula is C16H14ClNO. The molecule has 0 saturated carbocycles. The Kier molecular flexibility index (Phi) is 3.03. The number of hydrogen-bond acceptors (Lipinski definition) is 1. The first-order valence-electron chi connectivity index (χ1n) is 6.28. The van der Waals surface area contributed by atoms with Gasteiger partial charge in [-0.25, -0.2) is 0 Å². The second-order valence-corrected chi connectivity index (χ2v) is 5.22. The molecule has 3 rings (SSSR count). The van der Waals surface area contributed by atoms with Crippen molar-refractivity contribution in [3.05, 3.63) is 65.7 Å². The van der Waals surface area contributed by atoms with Crippen molar-refractivity contribution in [2.24, 2.45) is 0 Å². The highest BCUT2D eigenvalue weighted by Crippen LogP contribution is 2.42. The largest absolute Gasteiger partial charge is 0.302 e. The average molecular weight is 272 g/mol. The molecule has 1 amide bonds. The molecule has 1 aliphatic heterocycles. The van der Waals surface area contributed by atoms with Crippen LogP contribution in [0.1, 0.15) is 17.2 Å². The fourth-order valence-electron chi connectivity index (χ4n) is 2.55. The predicted octanol–water partition coefficient (Wildman–Crippen LogP) is 3.69. The van der Waals surface area contributed by atoms with Crippen LogP contribution in [0.3, 0.4) is 0 Å². The number of carbonyl (C=O) groups is 1. The second kappa shape index (κ2) is 4.71. The fourth-order valence-corrected chi connectivity index (χ4v) is 2.90. The molecule has 2 aromatic carbocycles. The predicted molar refractivity (Wildman–Crippen MR) is 77.5 cm³/mol. The summed E-state index contributed by atoms with van der Waals surface area (Å²) in [6.45, 7) is 2.05. The lowest BCUT2D eigenvalue weighted by molar-refractivity contribution is -0.123. The van der Waals surface area contributed by atoms with Gasteiger partial charge in [0, 0.05) is 5.69 Å². The topological polar surface area (TPSA) is 20.3 Å². The van der Waals surface area contributed by atoms with Gasteiger partial charge < -0.3 is 4.90 Å². The van der Waals surface area contributed by atoms with E-state index in [1.54, 1.807) is 4.90 Å². The minimum atomic E-state index is -0.471. The first-order valence-corrected chi connectivity index (χ1v) is 6.71. The fraction of sp³-hybridized carbons (Fsp3) is 0.188. The SMILES string of the molecule is Cc1ccccc1[C@H]1[C@@H](Cl)C(=O)N1c1ccccc1. The van der Waals surface area contributed by atoms with Crippen molar-refractivity contribution in [1.29, 1.82) is 0 Å². The Morgan fingerprint density at radius 2 is 1.63 bits per heavy atom. The molecule has 96 valence electrons. The van der Waals surface area contributed by atoms with E-state index >= 15 is 0 Å². The van der Waals surface area contributed by atoms with E-state index < -0.39 is 5.38 Å². The van der Waals surface area contributed by atoms with Crippen molar-refractivity contribution in [3.63, 3.8) is 0 Å². The van der Waals surface area contributed by atoms with Gasteiger partial charge in [-0.05, 0) is 30.2 Å². The number of benzene rings is 2. The van der Waals surface area contributed by atoms with Crippen molar-refractivity contribution in [2.45, 2.75) is 18.3 Å². The summed E-state index contributed by atoms with van der Waals surface area (Å²) in [6, 6.07) is 17.7. The number of aryl methyl sites for hydroxylation is 1. The van der Waals surface area contributed by atoms with E-state index in [0.29, 0.717) is 0 Å². The van der Waals surface area contributed by atoms with E-state index in [2.05, 4.69) is 0 Å². The first-order chi connectivity index (χ1) is 9.20. The standard InChI is InChI=1S/C16H14ClNO/c1-11-7-5-6-10-13(11)15-14(17)16(19)18(15)12-8-3-2-4-9-12/h2-10,14-15H,1H3/t14-,15+/m1/s1. The second-order valence-electron chi connectivity index (χ2n) is 4.75. The van der Waals surface area contributed by atoms with E-state index in [0.717, 1.165) is 16.8 Å². The zero-order chi connectivity index (χ0) is 13.4. The molecule has 2 aromatic rings. The molecule has 1 fully saturated rings. The Bertz CT molecular complexity index is 611. The number of β-lactam (4-membered cyclic amide) rings is 1. The lowest BCUT2D eigenvalue weighted by Crippen LogP contribution is -2.56. The number of para-hydroxylation sites is 1. The quantitative estimate of drug-likeness (QED) is 0.603. The Morgan fingerprint density at radius 1 is 1.00 bits per heavy atom. The van der Waals surface area contributed by atoms with Crippen LogP contribution in [0.2, 0.25) is 0 Å². The number of alkyl halides is 1. The molecule has 19 heavy (non-hydrogen) atoms. The van der Waals surface area contributed by atoms with Crippen molar-refractivity contribution in [2.75, 3.05) is 4.90 Å². The van der Waals surface area contributed by atoms with Gasteiger partial charge in [-0.1, -0.05) is 42.5 Å². The smallest absolute Gasteiger partial charge is 0.248 e. The van der Waals surface area contributed by atoms with Crippen LogP contribution in [0.15, 0.2) is 54.6 Å². The Balaban J connectivity index is 2.01. The van der Waals surface area contributed by atoms with Crippen LogP contribution in [0.5, 0.6) is 0 Å². The third-order valence-corrected chi connectivity index (χ3v) is 4.00. The number of hydrogen-bond donors (Lipinski definition) is 0. The summed E-state index contributed by atoms with van der Waals surface area (Å²) in [7, 11) is 0. The minimum Gasteiger partial charge on any atom is -0.302 e. The summed E-state index contributed by atoms with van der Waals surface area (Å²) in [5, 5.41) is -0.471. The van der Waals surface area contributed by atoms with Crippen LogP contribution < -0.4 is 4.90 Å². The number of amides is 1. The molecule has 3 heteroatoms. The van der Waals surface area contributed by atoms with Gasteiger partial charge in [0.2, 0.25) is 5.91 Å². The summed E-state index contributed by atoms with van der Waals surface area (Å²) in [5.74, 6) is -0.0267. The summed E-state index contributed by atoms with van der Waals surface area (Å²) < 4.78 is 0. The Morgan fingerprint density at radius 3 is 2.32 bits per heavy atom. The maximum absolute atomic E-state index is 12.1. The highest BCUT2D eigenvalue weighted by Gasteiger charge is 2.48. The third kappa shape index (κ3) is 1.92. The van der Waals surface area contributed by atoms with Crippen LogP contribution in [0, 0.1) is 6.92 Å². The van der Waals surface area contributed by atoms with Crippen LogP contribution in [-0.4, -0.2) is 11.3 Å². The Labute approximate surface area is 117 Å². The zero-order valence-electron chi connectivity index (χ0n) is 10.6.